The molecule has 2 nitrogen and oxygen atoms in total. The molecule has 1 aliphatic rings. The third-order valence-electron chi connectivity index (χ3n) is 2.96. The predicted octanol–water partition coefficient (Wildman–Crippen LogP) is 1.82. The van der Waals surface area contributed by atoms with Gasteiger partial charge in [-0.1, -0.05) is 17.7 Å². The fourth-order valence-electron chi connectivity index (χ4n) is 2.12. The molecule has 0 saturated heterocycles. The maximum atomic E-state index is 9.32. The second-order valence-electron chi connectivity index (χ2n) is 3.97. The number of hydrogen-bond acceptors (Lipinski definition) is 2. The second-order valence-corrected chi connectivity index (χ2v) is 4.41. The van der Waals surface area contributed by atoms with Gasteiger partial charge in [0.05, 0.1) is 12.1 Å². The van der Waals surface area contributed by atoms with Gasteiger partial charge in [0.15, 0.2) is 0 Å². The molecule has 0 aromatic heterocycles. The lowest BCUT2D eigenvalue weighted by Gasteiger charge is -2.34. The van der Waals surface area contributed by atoms with Gasteiger partial charge >= 0.3 is 0 Å². The molecule has 0 aliphatic heterocycles. The molecule has 3 heteroatoms. The van der Waals surface area contributed by atoms with E-state index < -0.39 is 5.54 Å². The Hall–Kier alpha value is -0.570. The molecule has 1 unspecified atom stereocenters. The number of rotatable bonds is 1. The Balaban J connectivity index is 2.52. The van der Waals surface area contributed by atoms with E-state index in [9.17, 15) is 5.11 Å². The maximum absolute atomic E-state index is 9.32. The molecular formula is C11H14ClNO. The van der Waals surface area contributed by atoms with Crippen LogP contribution in [0.15, 0.2) is 18.2 Å². The number of hydrogen-bond donors (Lipinski definition) is 2. The van der Waals surface area contributed by atoms with E-state index in [0.29, 0.717) is 5.02 Å². The highest BCUT2D eigenvalue weighted by Crippen LogP contribution is 2.34. The van der Waals surface area contributed by atoms with Crippen LogP contribution in [0.1, 0.15) is 24.0 Å². The van der Waals surface area contributed by atoms with Crippen LogP contribution in [0.2, 0.25) is 5.02 Å². The number of fused-ring (bicyclic) bond motifs is 1. The Morgan fingerprint density at radius 1 is 1.50 bits per heavy atom. The number of aliphatic hydroxyl groups excluding tert-OH is 1. The van der Waals surface area contributed by atoms with E-state index in [-0.39, 0.29) is 6.61 Å². The van der Waals surface area contributed by atoms with E-state index in [1.807, 2.05) is 18.2 Å². The first-order valence-corrected chi connectivity index (χ1v) is 5.22. The van der Waals surface area contributed by atoms with Crippen LogP contribution >= 0.6 is 11.6 Å². The molecule has 0 radical (unpaired) electrons. The highest BCUT2D eigenvalue weighted by Gasteiger charge is 2.31. The van der Waals surface area contributed by atoms with Gasteiger partial charge in [0, 0.05) is 5.02 Å². The molecule has 14 heavy (non-hydrogen) atoms. The van der Waals surface area contributed by atoms with E-state index >= 15 is 0 Å². The zero-order valence-electron chi connectivity index (χ0n) is 7.96. The largest absolute Gasteiger partial charge is 0.394 e. The first kappa shape index (κ1) is 9.97. The summed E-state index contributed by atoms with van der Waals surface area (Å²) < 4.78 is 0. The van der Waals surface area contributed by atoms with Gasteiger partial charge in [-0.05, 0) is 42.5 Å². The van der Waals surface area contributed by atoms with E-state index in [1.165, 1.54) is 5.56 Å². The molecule has 0 spiro atoms. The summed E-state index contributed by atoms with van der Waals surface area (Å²) in [7, 11) is 0. The van der Waals surface area contributed by atoms with E-state index in [4.69, 9.17) is 17.3 Å². The SMILES string of the molecule is NC1(CO)CCCc2ccc(Cl)cc21. The minimum atomic E-state index is -0.585. The molecule has 3 N–H and O–H groups in total. The third-order valence-corrected chi connectivity index (χ3v) is 3.19. The summed E-state index contributed by atoms with van der Waals surface area (Å²) in [4.78, 5) is 0. The van der Waals surface area contributed by atoms with Crippen LogP contribution < -0.4 is 5.73 Å². The van der Waals surface area contributed by atoms with Crippen molar-refractivity contribution in [3.05, 3.63) is 34.3 Å². The summed E-state index contributed by atoms with van der Waals surface area (Å²) in [5.41, 5.74) is 7.78. The predicted molar refractivity (Wildman–Crippen MR) is 57.3 cm³/mol. The Morgan fingerprint density at radius 2 is 2.29 bits per heavy atom. The third kappa shape index (κ3) is 1.54. The van der Waals surface area contributed by atoms with E-state index in [0.717, 1.165) is 24.8 Å². The van der Waals surface area contributed by atoms with E-state index in [1.54, 1.807) is 0 Å². The fourth-order valence-corrected chi connectivity index (χ4v) is 2.30. The number of nitrogens with two attached hydrogens (primary N) is 1. The molecule has 0 saturated carbocycles. The molecule has 0 fully saturated rings. The van der Waals surface area contributed by atoms with Gasteiger partial charge in [0.1, 0.15) is 0 Å². The zero-order chi connectivity index (χ0) is 10.2. The first-order valence-electron chi connectivity index (χ1n) is 4.84. The fraction of sp³-hybridized carbons (Fsp3) is 0.455. The molecular weight excluding hydrogens is 198 g/mol. The summed E-state index contributed by atoms with van der Waals surface area (Å²) in [5.74, 6) is 0. The Morgan fingerprint density at radius 3 is 3.00 bits per heavy atom. The maximum Gasteiger partial charge on any atom is 0.0653 e. The van der Waals surface area contributed by atoms with Crippen LogP contribution in [0, 0.1) is 0 Å². The van der Waals surface area contributed by atoms with Crippen LogP contribution in [-0.4, -0.2) is 11.7 Å². The van der Waals surface area contributed by atoms with Gasteiger partial charge in [-0.15, -0.1) is 0 Å². The zero-order valence-corrected chi connectivity index (χ0v) is 8.72. The number of benzene rings is 1. The number of aryl methyl sites for hydroxylation is 1. The first-order chi connectivity index (χ1) is 6.65. The lowest BCUT2D eigenvalue weighted by Crippen LogP contribution is -2.43. The monoisotopic (exact) mass is 211 g/mol. The topological polar surface area (TPSA) is 46.2 Å². The normalized spacial score (nSPS) is 25.9. The molecule has 0 bridgehead atoms. The Kier molecular flexibility index (Phi) is 2.52. The van der Waals surface area contributed by atoms with Crippen molar-refractivity contribution in [2.75, 3.05) is 6.61 Å². The molecule has 76 valence electrons. The van der Waals surface area contributed by atoms with Crippen molar-refractivity contribution >= 4 is 11.6 Å². The minimum Gasteiger partial charge on any atom is -0.394 e. The van der Waals surface area contributed by atoms with Crippen molar-refractivity contribution < 1.29 is 5.11 Å². The highest BCUT2D eigenvalue weighted by atomic mass is 35.5. The lowest BCUT2D eigenvalue weighted by molar-refractivity contribution is 0.179. The van der Waals surface area contributed by atoms with Crippen molar-refractivity contribution in [1.29, 1.82) is 0 Å². The summed E-state index contributed by atoms with van der Waals surface area (Å²) in [5, 5.41) is 10.0. The van der Waals surface area contributed by atoms with Crippen LogP contribution in [0.5, 0.6) is 0 Å². The summed E-state index contributed by atoms with van der Waals surface area (Å²) >= 11 is 5.92. The second kappa shape index (κ2) is 3.54. The number of halogens is 1. The number of aliphatic hydroxyl groups is 1. The van der Waals surface area contributed by atoms with Gasteiger partial charge < -0.3 is 10.8 Å². The van der Waals surface area contributed by atoms with Gasteiger partial charge in [0.2, 0.25) is 0 Å². The summed E-state index contributed by atoms with van der Waals surface area (Å²) in [6.07, 6.45) is 2.90. The van der Waals surface area contributed by atoms with Gasteiger partial charge in [-0.3, -0.25) is 0 Å². The highest BCUT2D eigenvalue weighted by molar-refractivity contribution is 6.30. The van der Waals surface area contributed by atoms with Crippen LogP contribution in [0.25, 0.3) is 0 Å². The molecule has 0 heterocycles. The van der Waals surface area contributed by atoms with Crippen molar-refractivity contribution in [2.45, 2.75) is 24.8 Å². The van der Waals surface area contributed by atoms with Crippen LogP contribution in [0.4, 0.5) is 0 Å². The average Bonchev–Trinajstić information content (AvgIpc) is 2.20. The quantitative estimate of drug-likeness (QED) is 0.745. The molecule has 0 amide bonds. The van der Waals surface area contributed by atoms with Crippen molar-refractivity contribution in [1.82, 2.24) is 0 Å². The van der Waals surface area contributed by atoms with Gasteiger partial charge in [-0.2, -0.15) is 0 Å². The van der Waals surface area contributed by atoms with E-state index in [2.05, 4.69) is 0 Å². The molecule has 1 atom stereocenters. The average molecular weight is 212 g/mol. The van der Waals surface area contributed by atoms with Gasteiger partial charge in [0.25, 0.3) is 0 Å². The Labute approximate surface area is 88.7 Å². The Bertz CT molecular complexity index is 353. The molecule has 2 rings (SSSR count). The van der Waals surface area contributed by atoms with Crippen molar-refractivity contribution in [3.8, 4) is 0 Å². The molecule has 1 aliphatic carbocycles. The van der Waals surface area contributed by atoms with Crippen molar-refractivity contribution in [3.63, 3.8) is 0 Å². The molecule has 1 aromatic rings. The van der Waals surface area contributed by atoms with Crippen LogP contribution in [0.3, 0.4) is 0 Å². The van der Waals surface area contributed by atoms with Gasteiger partial charge in [-0.25, -0.2) is 0 Å². The standard InChI is InChI=1S/C11H14ClNO/c12-9-4-3-8-2-1-5-11(13,7-14)10(8)6-9/h3-4,6,14H,1-2,5,7,13H2. The van der Waals surface area contributed by atoms with Crippen molar-refractivity contribution in [2.24, 2.45) is 5.73 Å². The van der Waals surface area contributed by atoms with Crippen LogP contribution in [-0.2, 0) is 12.0 Å². The molecule has 1 aromatic carbocycles. The summed E-state index contributed by atoms with van der Waals surface area (Å²) in [6.45, 7) is -0.0135. The lowest BCUT2D eigenvalue weighted by atomic mass is 9.78. The minimum absolute atomic E-state index is 0.0135. The summed E-state index contributed by atoms with van der Waals surface area (Å²) in [6, 6.07) is 5.77. The smallest absolute Gasteiger partial charge is 0.0653 e.